The van der Waals surface area contributed by atoms with Crippen molar-refractivity contribution >= 4 is 5.91 Å². The fourth-order valence-corrected chi connectivity index (χ4v) is 2.38. The molecule has 0 radical (unpaired) electrons. The maximum atomic E-state index is 11.7. The first-order valence-electron chi connectivity index (χ1n) is 6.37. The fraction of sp³-hybridized carbons (Fsp3) is 0.917. The summed E-state index contributed by atoms with van der Waals surface area (Å²) in [5, 5.41) is 6.32. The second-order valence-electron chi connectivity index (χ2n) is 4.88. The molecule has 2 aliphatic rings. The first-order chi connectivity index (χ1) is 7.36. The number of piperidine rings is 1. The summed E-state index contributed by atoms with van der Waals surface area (Å²) in [6, 6.07) is 0.0835. The summed E-state index contributed by atoms with van der Waals surface area (Å²) in [6.45, 7) is 1.88. The molecule has 1 amide bonds. The van der Waals surface area contributed by atoms with Crippen LogP contribution >= 0.6 is 0 Å². The van der Waals surface area contributed by atoms with Crippen LogP contribution in [0.3, 0.4) is 0 Å². The lowest BCUT2D eigenvalue weighted by atomic mass is 9.83. The third-order valence-electron chi connectivity index (χ3n) is 3.70. The van der Waals surface area contributed by atoms with E-state index in [4.69, 9.17) is 0 Å². The molecule has 1 saturated heterocycles. The second-order valence-corrected chi connectivity index (χ2v) is 4.88. The standard InChI is InChI=1S/C12H22N2O/c15-12(11-6-1-2-8-13-11)14-9-7-10-4-3-5-10/h10-11,13H,1-9H2,(H,14,15)/t11-/m1/s1. The zero-order valence-corrected chi connectivity index (χ0v) is 9.43. The molecule has 0 unspecified atom stereocenters. The summed E-state index contributed by atoms with van der Waals surface area (Å²) < 4.78 is 0. The van der Waals surface area contributed by atoms with Gasteiger partial charge in [0.05, 0.1) is 6.04 Å². The van der Waals surface area contributed by atoms with Crippen LogP contribution in [0.2, 0.25) is 0 Å². The smallest absolute Gasteiger partial charge is 0.237 e. The number of hydrogen-bond donors (Lipinski definition) is 2. The van der Waals surface area contributed by atoms with Crippen molar-refractivity contribution in [3.63, 3.8) is 0 Å². The fourth-order valence-electron chi connectivity index (χ4n) is 2.38. The van der Waals surface area contributed by atoms with Gasteiger partial charge in [0.1, 0.15) is 0 Å². The van der Waals surface area contributed by atoms with Crippen molar-refractivity contribution in [2.75, 3.05) is 13.1 Å². The normalized spacial score (nSPS) is 27.1. The highest BCUT2D eigenvalue weighted by Crippen LogP contribution is 2.28. The average Bonchev–Trinajstić information content (AvgIpc) is 2.23. The van der Waals surface area contributed by atoms with E-state index in [0.29, 0.717) is 0 Å². The van der Waals surface area contributed by atoms with E-state index >= 15 is 0 Å². The van der Waals surface area contributed by atoms with Crippen molar-refractivity contribution in [1.82, 2.24) is 10.6 Å². The Kier molecular flexibility index (Phi) is 4.01. The molecule has 15 heavy (non-hydrogen) atoms. The maximum absolute atomic E-state index is 11.7. The third kappa shape index (κ3) is 3.20. The number of nitrogens with one attached hydrogen (secondary N) is 2. The Morgan fingerprint density at radius 3 is 2.67 bits per heavy atom. The van der Waals surface area contributed by atoms with Crippen molar-refractivity contribution in [3.05, 3.63) is 0 Å². The molecule has 2 N–H and O–H groups in total. The van der Waals surface area contributed by atoms with Crippen LogP contribution in [-0.2, 0) is 4.79 Å². The van der Waals surface area contributed by atoms with Crippen molar-refractivity contribution < 1.29 is 4.79 Å². The summed E-state index contributed by atoms with van der Waals surface area (Å²) in [5.74, 6) is 1.11. The number of amides is 1. The van der Waals surface area contributed by atoms with Gasteiger partial charge in [-0.1, -0.05) is 25.7 Å². The number of rotatable bonds is 4. The quantitative estimate of drug-likeness (QED) is 0.737. The Morgan fingerprint density at radius 1 is 1.20 bits per heavy atom. The Labute approximate surface area is 92.0 Å². The lowest BCUT2D eigenvalue weighted by Gasteiger charge is -2.26. The Morgan fingerprint density at radius 2 is 2.07 bits per heavy atom. The lowest BCUT2D eigenvalue weighted by Crippen LogP contribution is -2.47. The molecule has 1 saturated carbocycles. The van der Waals surface area contributed by atoms with Crippen LogP contribution < -0.4 is 10.6 Å². The second kappa shape index (κ2) is 5.50. The minimum Gasteiger partial charge on any atom is -0.355 e. The van der Waals surface area contributed by atoms with Crippen LogP contribution in [0, 0.1) is 5.92 Å². The van der Waals surface area contributed by atoms with Crippen LogP contribution in [0.1, 0.15) is 44.9 Å². The lowest BCUT2D eigenvalue weighted by molar-refractivity contribution is -0.123. The van der Waals surface area contributed by atoms with Gasteiger partial charge in [0.2, 0.25) is 5.91 Å². The summed E-state index contributed by atoms with van der Waals surface area (Å²) in [6.07, 6.45) is 8.73. The van der Waals surface area contributed by atoms with Gasteiger partial charge in [-0.2, -0.15) is 0 Å². The predicted molar refractivity (Wildman–Crippen MR) is 60.6 cm³/mol. The molecule has 1 heterocycles. The van der Waals surface area contributed by atoms with Crippen molar-refractivity contribution in [2.45, 2.75) is 51.0 Å². The highest BCUT2D eigenvalue weighted by atomic mass is 16.2. The first kappa shape index (κ1) is 10.9. The van der Waals surface area contributed by atoms with Gasteiger partial charge in [0.25, 0.3) is 0 Å². The minimum absolute atomic E-state index is 0.0835. The molecular weight excluding hydrogens is 188 g/mol. The van der Waals surface area contributed by atoms with Crippen LogP contribution in [-0.4, -0.2) is 25.0 Å². The van der Waals surface area contributed by atoms with Gasteiger partial charge in [-0.25, -0.2) is 0 Å². The molecule has 0 bridgehead atoms. The Bertz CT molecular complexity index is 208. The predicted octanol–water partition coefficient (Wildman–Crippen LogP) is 1.43. The number of hydrogen-bond acceptors (Lipinski definition) is 2. The van der Waals surface area contributed by atoms with Gasteiger partial charge in [-0.05, 0) is 31.7 Å². The van der Waals surface area contributed by atoms with Crippen molar-refractivity contribution in [1.29, 1.82) is 0 Å². The summed E-state index contributed by atoms with van der Waals surface area (Å²) in [4.78, 5) is 11.7. The van der Waals surface area contributed by atoms with E-state index in [2.05, 4.69) is 10.6 Å². The summed E-state index contributed by atoms with van der Waals surface area (Å²) in [7, 11) is 0. The molecule has 86 valence electrons. The van der Waals surface area contributed by atoms with E-state index < -0.39 is 0 Å². The monoisotopic (exact) mass is 210 g/mol. The summed E-state index contributed by atoms with van der Waals surface area (Å²) >= 11 is 0. The van der Waals surface area contributed by atoms with Crippen LogP contribution in [0.5, 0.6) is 0 Å². The summed E-state index contributed by atoms with van der Waals surface area (Å²) in [5.41, 5.74) is 0. The van der Waals surface area contributed by atoms with Crippen LogP contribution in [0.25, 0.3) is 0 Å². The molecule has 0 spiro atoms. The maximum Gasteiger partial charge on any atom is 0.237 e. The molecule has 1 atom stereocenters. The van der Waals surface area contributed by atoms with Gasteiger partial charge in [-0.15, -0.1) is 0 Å². The molecule has 3 heteroatoms. The van der Waals surface area contributed by atoms with E-state index in [9.17, 15) is 4.79 Å². The average molecular weight is 210 g/mol. The van der Waals surface area contributed by atoms with E-state index in [0.717, 1.165) is 25.4 Å². The molecule has 3 nitrogen and oxygen atoms in total. The minimum atomic E-state index is 0.0835. The van der Waals surface area contributed by atoms with Gasteiger partial charge < -0.3 is 10.6 Å². The molecule has 0 aromatic rings. The van der Waals surface area contributed by atoms with Gasteiger partial charge in [0.15, 0.2) is 0 Å². The SMILES string of the molecule is O=C(NCCC1CCC1)[C@H]1CCCCN1. The highest BCUT2D eigenvalue weighted by molar-refractivity contribution is 5.81. The molecule has 0 aromatic carbocycles. The molecule has 1 aliphatic heterocycles. The zero-order valence-electron chi connectivity index (χ0n) is 9.43. The van der Waals surface area contributed by atoms with Gasteiger partial charge in [0, 0.05) is 6.54 Å². The van der Waals surface area contributed by atoms with E-state index in [-0.39, 0.29) is 11.9 Å². The van der Waals surface area contributed by atoms with E-state index in [1.807, 2.05) is 0 Å². The molecular formula is C12H22N2O. The Hall–Kier alpha value is -0.570. The van der Waals surface area contributed by atoms with Crippen LogP contribution in [0.4, 0.5) is 0 Å². The van der Waals surface area contributed by atoms with E-state index in [1.165, 1.54) is 38.5 Å². The topological polar surface area (TPSA) is 41.1 Å². The van der Waals surface area contributed by atoms with Gasteiger partial charge >= 0.3 is 0 Å². The molecule has 2 fully saturated rings. The van der Waals surface area contributed by atoms with Crippen molar-refractivity contribution in [3.8, 4) is 0 Å². The molecule has 1 aliphatic carbocycles. The first-order valence-corrected chi connectivity index (χ1v) is 6.37. The number of carbonyl (C=O) groups excluding carboxylic acids is 1. The van der Waals surface area contributed by atoms with Crippen LogP contribution in [0.15, 0.2) is 0 Å². The Balaban J connectivity index is 1.58. The van der Waals surface area contributed by atoms with E-state index in [1.54, 1.807) is 0 Å². The number of carbonyl (C=O) groups is 1. The largest absolute Gasteiger partial charge is 0.355 e. The highest BCUT2D eigenvalue weighted by Gasteiger charge is 2.21. The molecule has 2 rings (SSSR count). The zero-order chi connectivity index (χ0) is 10.5. The molecule has 0 aromatic heterocycles. The van der Waals surface area contributed by atoms with Gasteiger partial charge in [-0.3, -0.25) is 4.79 Å². The third-order valence-corrected chi connectivity index (χ3v) is 3.70. The van der Waals surface area contributed by atoms with Crippen molar-refractivity contribution in [2.24, 2.45) is 5.92 Å².